The lowest BCUT2D eigenvalue weighted by Crippen LogP contribution is -2.04. The van der Waals surface area contributed by atoms with Gasteiger partial charge in [0, 0.05) is 16.3 Å². The Kier molecular flexibility index (Phi) is 6.05. The van der Waals surface area contributed by atoms with Crippen LogP contribution in [0.1, 0.15) is 0 Å². The molecule has 0 spiro atoms. The third kappa shape index (κ3) is 4.40. The summed E-state index contributed by atoms with van der Waals surface area (Å²) in [6.07, 6.45) is 3.12. The van der Waals surface area contributed by atoms with Crippen molar-refractivity contribution >= 4 is 46.6 Å². The van der Waals surface area contributed by atoms with Gasteiger partial charge in [-0.2, -0.15) is 5.10 Å². The van der Waals surface area contributed by atoms with E-state index in [1.54, 1.807) is 39.8 Å². The number of halogens is 4. The van der Waals surface area contributed by atoms with Crippen LogP contribution < -0.4 is 0 Å². The van der Waals surface area contributed by atoms with E-state index in [1.165, 1.54) is 30.2 Å². The van der Waals surface area contributed by atoms with Crippen molar-refractivity contribution in [2.45, 2.75) is 11.7 Å². The lowest BCUT2D eigenvalue weighted by Gasteiger charge is -2.12. The fraction of sp³-hybridized carbons (Fsp3) is 0.111. The molecule has 0 bridgehead atoms. The molecule has 2 heterocycles. The van der Waals surface area contributed by atoms with E-state index < -0.39 is 5.82 Å². The van der Waals surface area contributed by atoms with Gasteiger partial charge in [0.2, 0.25) is 0 Å². The van der Waals surface area contributed by atoms with Gasteiger partial charge in [0.05, 0.1) is 22.3 Å². The third-order valence-corrected chi connectivity index (χ3v) is 5.73. The maximum Gasteiger partial charge on any atom is 0.196 e. The lowest BCUT2D eigenvalue weighted by molar-refractivity contribution is 0.627. The summed E-state index contributed by atoms with van der Waals surface area (Å²) in [5.41, 5.74) is 1.26. The van der Waals surface area contributed by atoms with Crippen LogP contribution in [-0.4, -0.2) is 35.3 Å². The number of nitrogens with zero attached hydrogens (tertiary/aromatic N) is 6. The molecule has 29 heavy (non-hydrogen) atoms. The number of aromatic nitrogens is 6. The third-order valence-electron chi connectivity index (χ3n) is 3.98. The highest BCUT2D eigenvalue weighted by Crippen LogP contribution is 2.34. The van der Waals surface area contributed by atoms with Gasteiger partial charge < -0.3 is 0 Å². The lowest BCUT2D eigenvalue weighted by atomic mass is 10.2. The molecule has 0 N–H and O–H groups in total. The molecule has 4 aromatic rings. The molecular formula is C18H12Cl3FN6S. The quantitative estimate of drug-likeness (QED) is 0.353. The molecular weight excluding hydrogens is 458 g/mol. The largest absolute Gasteiger partial charge is 0.270 e. The molecule has 148 valence electrons. The van der Waals surface area contributed by atoms with Crippen LogP contribution in [0.5, 0.6) is 0 Å². The Labute approximate surface area is 184 Å². The number of hydrogen-bond donors (Lipinski definition) is 0. The average molecular weight is 470 g/mol. The minimum Gasteiger partial charge on any atom is -0.270 e. The van der Waals surface area contributed by atoms with Crippen LogP contribution in [0, 0.1) is 5.82 Å². The summed E-state index contributed by atoms with van der Waals surface area (Å²) < 4.78 is 17.2. The predicted octanol–water partition coefficient (Wildman–Crippen LogP) is 5.42. The van der Waals surface area contributed by atoms with E-state index in [2.05, 4.69) is 20.3 Å². The van der Waals surface area contributed by atoms with Gasteiger partial charge >= 0.3 is 0 Å². The summed E-state index contributed by atoms with van der Waals surface area (Å²) in [4.78, 5) is 3.93. The number of aryl methyl sites for hydroxylation is 1. The van der Waals surface area contributed by atoms with Crippen molar-refractivity contribution < 1.29 is 4.39 Å². The molecule has 2 aromatic carbocycles. The van der Waals surface area contributed by atoms with Gasteiger partial charge in [-0.3, -0.25) is 9.25 Å². The first kappa shape index (κ1) is 20.2. The standard InChI is InChI=1S/C18H12Cl3FN6S/c19-11-1-3-13(14(20)7-11)17-25-26-18(29-6-5-27-10-23-9-24-27)28(17)12-2-4-16(22)15(21)8-12/h1-4,7-10H,5-6H2. The molecule has 0 saturated carbocycles. The fourth-order valence-corrected chi connectivity index (χ4v) is 4.19. The Bertz CT molecular complexity index is 1150. The topological polar surface area (TPSA) is 61.4 Å². The molecule has 0 aliphatic rings. The summed E-state index contributed by atoms with van der Waals surface area (Å²) in [6, 6.07) is 9.55. The van der Waals surface area contributed by atoms with Gasteiger partial charge in [0.15, 0.2) is 11.0 Å². The maximum atomic E-state index is 13.7. The van der Waals surface area contributed by atoms with Crippen molar-refractivity contribution in [3.63, 3.8) is 0 Å². The fourth-order valence-electron chi connectivity index (χ4n) is 2.64. The van der Waals surface area contributed by atoms with Crippen LogP contribution in [0.25, 0.3) is 17.1 Å². The van der Waals surface area contributed by atoms with E-state index in [0.29, 0.717) is 44.6 Å². The molecule has 0 saturated heterocycles. The first-order valence-corrected chi connectivity index (χ1v) is 10.5. The molecule has 0 radical (unpaired) electrons. The van der Waals surface area contributed by atoms with Crippen molar-refractivity contribution in [1.29, 1.82) is 0 Å². The van der Waals surface area contributed by atoms with E-state index in [9.17, 15) is 4.39 Å². The van der Waals surface area contributed by atoms with Crippen LogP contribution in [0.4, 0.5) is 4.39 Å². The van der Waals surface area contributed by atoms with Crippen LogP contribution in [0.15, 0.2) is 54.2 Å². The molecule has 0 amide bonds. The van der Waals surface area contributed by atoms with Crippen molar-refractivity contribution in [2.24, 2.45) is 0 Å². The summed E-state index contributed by atoms with van der Waals surface area (Å²) in [5.74, 6) is 0.664. The first-order valence-electron chi connectivity index (χ1n) is 8.34. The zero-order chi connectivity index (χ0) is 20.4. The van der Waals surface area contributed by atoms with Crippen molar-refractivity contribution in [3.8, 4) is 17.1 Å². The monoisotopic (exact) mass is 468 g/mol. The molecule has 0 atom stereocenters. The Morgan fingerprint density at radius 1 is 1.00 bits per heavy atom. The smallest absolute Gasteiger partial charge is 0.196 e. The minimum atomic E-state index is -0.505. The second-order valence-electron chi connectivity index (χ2n) is 5.87. The number of hydrogen-bond acceptors (Lipinski definition) is 5. The zero-order valence-corrected chi connectivity index (χ0v) is 17.7. The Morgan fingerprint density at radius 2 is 1.86 bits per heavy atom. The Morgan fingerprint density at radius 3 is 2.59 bits per heavy atom. The van der Waals surface area contributed by atoms with Crippen molar-refractivity contribution in [3.05, 3.63) is 69.9 Å². The summed E-state index contributed by atoms with van der Waals surface area (Å²) in [7, 11) is 0. The van der Waals surface area contributed by atoms with Crippen LogP contribution >= 0.6 is 46.6 Å². The van der Waals surface area contributed by atoms with Crippen LogP contribution in [-0.2, 0) is 6.54 Å². The Balaban J connectivity index is 1.74. The summed E-state index contributed by atoms with van der Waals surface area (Å²) in [6.45, 7) is 0.638. The molecule has 0 unspecified atom stereocenters. The zero-order valence-electron chi connectivity index (χ0n) is 14.6. The van der Waals surface area contributed by atoms with Gasteiger partial charge in [-0.05, 0) is 36.4 Å². The van der Waals surface area contributed by atoms with E-state index in [4.69, 9.17) is 34.8 Å². The van der Waals surface area contributed by atoms with E-state index in [0.717, 1.165) is 0 Å². The number of rotatable bonds is 6. The van der Waals surface area contributed by atoms with Crippen LogP contribution in [0.2, 0.25) is 15.1 Å². The highest BCUT2D eigenvalue weighted by molar-refractivity contribution is 7.99. The maximum absolute atomic E-state index is 13.7. The van der Waals surface area contributed by atoms with Crippen molar-refractivity contribution in [2.75, 3.05) is 5.75 Å². The van der Waals surface area contributed by atoms with Gasteiger partial charge in [-0.25, -0.2) is 9.37 Å². The van der Waals surface area contributed by atoms with Gasteiger partial charge in [-0.1, -0.05) is 46.6 Å². The predicted molar refractivity (Wildman–Crippen MR) is 113 cm³/mol. The highest BCUT2D eigenvalue weighted by atomic mass is 35.5. The van der Waals surface area contributed by atoms with Gasteiger partial charge in [0.1, 0.15) is 18.5 Å². The second kappa shape index (κ2) is 8.71. The molecule has 0 fully saturated rings. The van der Waals surface area contributed by atoms with E-state index in [1.807, 2.05) is 0 Å². The van der Waals surface area contributed by atoms with E-state index >= 15 is 0 Å². The SMILES string of the molecule is Fc1ccc(-n2c(SCCn3cncn3)nnc2-c2ccc(Cl)cc2Cl)cc1Cl. The van der Waals surface area contributed by atoms with Crippen LogP contribution in [0.3, 0.4) is 0 Å². The summed E-state index contributed by atoms with van der Waals surface area (Å²) >= 11 is 19.9. The Hall–Kier alpha value is -2.13. The molecule has 6 nitrogen and oxygen atoms in total. The highest BCUT2D eigenvalue weighted by Gasteiger charge is 2.19. The van der Waals surface area contributed by atoms with E-state index in [-0.39, 0.29) is 5.02 Å². The number of benzene rings is 2. The van der Waals surface area contributed by atoms with Crippen molar-refractivity contribution in [1.82, 2.24) is 29.5 Å². The average Bonchev–Trinajstić information content (AvgIpc) is 3.34. The first-order chi connectivity index (χ1) is 14.0. The molecule has 0 aliphatic heterocycles. The van der Waals surface area contributed by atoms with Gasteiger partial charge in [0.25, 0.3) is 0 Å². The number of thioether (sulfide) groups is 1. The molecule has 4 rings (SSSR count). The molecule has 0 aliphatic carbocycles. The van der Waals surface area contributed by atoms with Gasteiger partial charge in [-0.15, -0.1) is 10.2 Å². The summed E-state index contributed by atoms with van der Waals surface area (Å²) in [5, 5.41) is 14.3. The minimum absolute atomic E-state index is 0.00270. The molecule has 11 heteroatoms. The second-order valence-corrected chi connectivity index (χ2v) is 8.18. The molecule has 2 aromatic heterocycles. The normalized spacial score (nSPS) is 11.2.